The lowest BCUT2D eigenvalue weighted by atomic mass is 10.1. The van der Waals surface area contributed by atoms with Gasteiger partial charge in [0.25, 0.3) is 0 Å². The quantitative estimate of drug-likeness (QED) is 0.595. The summed E-state index contributed by atoms with van der Waals surface area (Å²) >= 11 is 0. The van der Waals surface area contributed by atoms with Crippen molar-refractivity contribution in [1.29, 1.82) is 0 Å². The SMILES string of the molecule is CCc1cccc(N2CC(C(=O)N(Cc3c(C)noc3C)c3ccccc3)CC2=O)c1. The molecule has 1 fully saturated rings. The minimum Gasteiger partial charge on any atom is -0.361 e. The first kappa shape index (κ1) is 20.8. The molecule has 0 saturated carbocycles. The highest BCUT2D eigenvalue weighted by Crippen LogP contribution is 2.30. The minimum absolute atomic E-state index is 0.0167. The highest BCUT2D eigenvalue weighted by Gasteiger charge is 2.38. The average Bonchev–Trinajstić information content (AvgIpc) is 3.34. The number of para-hydroxylation sites is 1. The number of hydrogen-bond acceptors (Lipinski definition) is 4. The molecular formula is C25H27N3O3. The zero-order chi connectivity index (χ0) is 22.0. The second-order valence-corrected chi connectivity index (χ2v) is 7.99. The summed E-state index contributed by atoms with van der Waals surface area (Å²) in [6, 6.07) is 17.5. The van der Waals surface area contributed by atoms with Gasteiger partial charge in [0.1, 0.15) is 5.76 Å². The number of benzene rings is 2. The summed E-state index contributed by atoms with van der Waals surface area (Å²) < 4.78 is 5.30. The maximum Gasteiger partial charge on any atom is 0.232 e. The molecule has 1 saturated heterocycles. The Hall–Kier alpha value is -3.41. The summed E-state index contributed by atoms with van der Waals surface area (Å²) in [6.07, 6.45) is 1.11. The number of carbonyl (C=O) groups excluding carboxylic acids is 2. The van der Waals surface area contributed by atoms with Gasteiger partial charge in [0.15, 0.2) is 0 Å². The fourth-order valence-corrected chi connectivity index (χ4v) is 4.08. The van der Waals surface area contributed by atoms with Gasteiger partial charge in [-0.25, -0.2) is 0 Å². The van der Waals surface area contributed by atoms with E-state index in [9.17, 15) is 9.59 Å². The topological polar surface area (TPSA) is 66.7 Å². The van der Waals surface area contributed by atoms with Gasteiger partial charge in [-0.1, -0.05) is 42.4 Å². The third kappa shape index (κ3) is 4.24. The van der Waals surface area contributed by atoms with Crippen molar-refractivity contribution in [3.63, 3.8) is 0 Å². The van der Waals surface area contributed by atoms with Crippen LogP contribution in [0.4, 0.5) is 11.4 Å². The van der Waals surface area contributed by atoms with E-state index in [0.29, 0.717) is 18.8 Å². The van der Waals surface area contributed by atoms with E-state index in [0.717, 1.165) is 29.1 Å². The van der Waals surface area contributed by atoms with Gasteiger partial charge in [0.05, 0.1) is 18.2 Å². The van der Waals surface area contributed by atoms with E-state index < -0.39 is 5.92 Å². The summed E-state index contributed by atoms with van der Waals surface area (Å²) in [5.74, 6) is 0.218. The maximum atomic E-state index is 13.6. The van der Waals surface area contributed by atoms with Crippen molar-refractivity contribution < 1.29 is 14.1 Å². The Morgan fingerprint density at radius 1 is 1.16 bits per heavy atom. The first-order valence-electron chi connectivity index (χ1n) is 10.7. The van der Waals surface area contributed by atoms with Gasteiger partial charge >= 0.3 is 0 Å². The van der Waals surface area contributed by atoms with E-state index in [4.69, 9.17) is 4.52 Å². The van der Waals surface area contributed by atoms with Gasteiger partial charge < -0.3 is 14.3 Å². The molecule has 0 bridgehead atoms. The van der Waals surface area contributed by atoms with Crippen LogP contribution in [0.1, 0.15) is 35.9 Å². The van der Waals surface area contributed by atoms with Crippen molar-refractivity contribution in [3.8, 4) is 0 Å². The third-order valence-electron chi connectivity index (χ3n) is 5.94. The normalized spacial score (nSPS) is 16.0. The Morgan fingerprint density at radius 2 is 1.94 bits per heavy atom. The van der Waals surface area contributed by atoms with Crippen molar-refractivity contribution in [2.75, 3.05) is 16.3 Å². The van der Waals surface area contributed by atoms with Crippen LogP contribution in [0.25, 0.3) is 0 Å². The lowest BCUT2D eigenvalue weighted by Gasteiger charge is -2.26. The molecule has 4 rings (SSSR count). The average molecular weight is 418 g/mol. The molecule has 6 nitrogen and oxygen atoms in total. The Kier molecular flexibility index (Phi) is 5.89. The van der Waals surface area contributed by atoms with Crippen LogP contribution >= 0.6 is 0 Å². The fourth-order valence-electron chi connectivity index (χ4n) is 4.08. The Bertz CT molecular complexity index is 1070. The van der Waals surface area contributed by atoms with Gasteiger partial charge in [-0.3, -0.25) is 9.59 Å². The molecule has 2 heterocycles. The first-order valence-corrected chi connectivity index (χ1v) is 10.7. The van der Waals surface area contributed by atoms with Crippen LogP contribution in [-0.2, 0) is 22.6 Å². The van der Waals surface area contributed by atoms with E-state index in [1.165, 1.54) is 5.56 Å². The molecule has 1 aliphatic rings. The number of hydrogen-bond donors (Lipinski definition) is 0. The summed E-state index contributed by atoms with van der Waals surface area (Å²) in [5.41, 5.74) is 4.49. The Morgan fingerprint density at radius 3 is 2.61 bits per heavy atom. The van der Waals surface area contributed by atoms with Crippen molar-refractivity contribution in [1.82, 2.24) is 5.16 Å². The lowest BCUT2D eigenvalue weighted by Crippen LogP contribution is -2.37. The predicted molar refractivity (Wildman–Crippen MR) is 120 cm³/mol. The van der Waals surface area contributed by atoms with Crippen molar-refractivity contribution in [2.45, 2.75) is 40.2 Å². The van der Waals surface area contributed by atoms with E-state index in [2.05, 4.69) is 12.1 Å². The number of amides is 2. The molecule has 6 heteroatoms. The first-order chi connectivity index (χ1) is 15.0. The largest absolute Gasteiger partial charge is 0.361 e. The summed E-state index contributed by atoms with van der Waals surface area (Å²) in [7, 11) is 0. The highest BCUT2D eigenvalue weighted by atomic mass is 16.5. The molecule has 160 valence electrons. The van der Waals surface area contributed by atoms with Gasteiger partial charge in [-0.2, -0.15) is 0 Å². The van der Waals surface area contributed by atoms with Crippen LogP contribution in [0.2, 0.25) is 0 Å². The lowest BCUT2D eigenvalue weighted by molar-refractivity contribution is -0.124. The van der Waals surface area contributed by atoms with Crippen LogP contribution in [0.5, 0.6) is 0 Å². The Balaban J connectivity index is 1.60. The molecule has 1 aliphatic heterocycles. The zero-order valence-corrected chi connectivity index (χ0v) is 18.2. The smallest absolute Gasteiger partial charge is 0.232 e. The number of carbonyl (C=O) groups is 2. The third-order valence-corrected chi connectivity index (χ3v) is 5.94. The standard InChI is InChI=1S/C25H27N3O3/c1-4-19-9-8-12-22(13-19)27-15-20(14-24(27)29)25(30)28(21-10-6-5-7-11-21)16-23-17(2)26-31-18(23)3/h5-13,20H,4,14-16H2,1-3H3. The molecular weight excluding hydrogens is 390 g/mol. The van der Waals surface area contributed by atoms with Crippen LogP contribution in [0, 0.1) is 19.8 Å². The van der Waals surface area contributed by atoms with Gasteiger partial charge in [-0.05, 0) is 50.1 Å². The van der Waals surface area contributed by atoms with E-state index in [1.807, 2.05) is 68.4 Å². The number of aromatic nitrogens is 1. The second kappa shape index (κ2) is 8.76. The van der Waals surface area contributed by atoms with Crippen LogP contribution in [-0.4, -0.2) is 23.5 Å². The predicted octanol–water partition coefficient (Wildman–Crippen LogP) is 4.44. The minimum atomic E-state index is -0.404. The van der Waals surface area contributed by atoms with Gasteiger partial charge in [-0.15, -0.1) is 0 Å². The molecule has 0 aliphatic carbocycles. The molecule has 2 amide bonds. The van der Waals surface area contributed by atoms with Crippen LogP contribution < -0.4 is 9.80 Å². The Labute approximate surface area is 182 Å². The molecule has 3 aromatic rings. The molecule has 0 radical (unpaired) electrons. The second-order valence-electron chi connectivity index (χ2n) is 7.99. The monoisotopic (exact) mass is 417 g/mol. The molecule has 2 aromatic carbocycles. The molecule has 0 N–H and O–H groups in total. The van der Waals surface area contributed by atoms with E-state index in [-0.39, 0.29) is 18.2 Å². The summed E-state index contributed by atoms with van der Waals surface area (Å²) in [6.45, 7) is 6.56. The van der Waals surface area contributed by atoms with E-state index in [1.54, 1.807) is 9.80 Å². The summed E-state index contributed by atoms with van der Waals surface area (Å²) in [5, 5.41) is 4.02. The number of rotatable bonds is 6. The summed E-state index contributed by atoms with van der Waals surface area (Å²) in [4.78, 5) is 29.9. The molecule has 0 spiro atoms. The van der Waals surface area contributed by atoms with Crippen LogP contribution in [0.3, 0.4) is 0 Å². The van der Waals surface area contributed by atoms with Gasteiger partial charge in [0.2, 0.25) is 11.8 Å². The molecule has 1 unspecified atom stereocenters. The molecule has 31 heavy (non-hydrogen) atoms. The zero-order valence-electron chi connectivity index (χ0n) is 18.2. The maximum absolute atomic E-state index is 13.6. The van der Waals surface area contributed by atoms with Crippen molar-refractivity contribution in [2.24, 2.45) is 5.92 Å². The number of anilines is 2. The van der Waals surface area contributed by atoms with E-state index >= 15 is 0 Å². The number of nitrogens with zero attached hydrogens (tertiary/aromatic N) is 3. The number of aryl methyl sites for hydroxylation is 3. The van der Waals surface area contributed by atoms with Crippen molar-refractivity contribution in [3.05, 3.63) is 77.2 Å². The fraction of sp³-hybridized carbons (Fsp3) is 0.320. The van der Waals surface area contributed by atoms with Crippen LogP contribution in [0.15, 0.2) is 59.1 Å². The molecule has 1 atom stereocenters. The van der Waals surface area contributed by atoms with Crippen molar-refractivity contribution >= 4 is 23.2 Å². The molecule has 1 aromatic heterocycles. The van der Waals surface area contributed by atoms with Gasteiger partial charge in [0, 0.05) is 29.9 Å². The highest BCUT2D eigenvalue weighted by molar-refractivity contribution is 6.04.